The van der Waals surface area contributed by atoms with E-state index in [1.165, 1.54) is 0 Å². The SMILES string of the molecule is O=C(COc1cc(F)ccc1[N+](=O)[O-])N[C@H](Cc1ccccc1)c1ccccc1. The van der Waals surface area contributed by atoms with Gasteiger partial charge in [-0.2, -0.15) is 0 Å². The Morgan fingerprint density at radius 1 is 1.03 bits per heavy atom. The van der Waals surface area contributed by atoms with E-state index in [1.54, 1.807) is 0 Å². The van der Waals surface area contributed by atoms with Crippen molar-refractivity contribution in [2.75, 3.05) is 6.61 Å². The van der Waals surface area contributed by atoms with Crippen LogP contribution < -0.4 is 10.1 Å². The molecule has 0 unspecified atom stereocenters. The molecule has 0 bridgehead atoms. The molecule has 148 valence electrons. The van der Waals surface area contributed by atoms with Crippen LogP contribution in [0.1, 0.15) is 17.2 Å². The van der Waals surface area contributed by atoms with E-state index >= 15 is 0 Å². The topological polar surface area (TPSA) is 81.5 Å². The Morgan fingerprint density at radius 3 is 2.34 bits per heavy atom. The molecule has 1 atom stereocenters. The average Bonchev–Trinajstić information content (AvgIpc) is 2.73. The third-order valence-electron chi connectivity index (χ3n) is 4.30. The maximum absolute atomic E-state index is 13.4. The first-order valence-electron chi connectivity index (χ1n) is 8.98. The lowest BCUT2D eigenvalue weighted by atomic mass is 9.99. The monoisotopic (exact) mass is 394 g/mol. The zero-order valence-corrected chi connectivity index (χ0v) is 15.5. The Labute approximate surface area is 167 Å². The Balaban J connectivity index is 1.71. The number of hydrogen-bond donors (Lipinski definition) is 1. The second-order valence-corrected chi connectivity index (χ2v) is 6.38. The van der Waals surface area contributed by atoms with Gasteiger partial charge in [0.2, 0.25) is 5.75 Å². The molecule has 3 rings (SSSR count). The highest BCUT2D eigenvalue weighted by Crippen LogP contribution is 2.27. The van der Waals surface area contributed by atoms with Gasteiger partial charge in [-0.15, -0.1) is 0 Å². The Hall–Kier alpha value is -3.74. The molecule has 0 radical (unpaired) electrons. The molecule has 0 aliphatic heterocycles. The third kappa shape index (κ3) is 5.62. The minimum absolute atomic E-state index is 0.288. The number of nitro groups is 1. The van der Waals surface area contributed by atoms with E-state index in [0.29, 0.717) is 6.42 Å². The number of rotatable bonds is 8. The number of nitrogens with zero attached hydrogens (tertiary/aromatic N) is 1. The number of ether oxygens (including phenoxy) is 1. The van der Waals surface area contributed by atoms with Crippen molar-refractivity contribution in [3.63, 3.8) is 0 Å². The smallest absolute Gasteiger partial charge is 0.311 e. The first-order chi connectivity index (χ1) is 14.0. The van der Waals surface area contributed by atoms with E-state index in [9.17, 15) is 19.3 Å². The number of benzene rings is 3. The van der Waals surface area contributed by atoms with Gasteiger partial charge in [0.15, 0.2) is 6.61 Å². The second-order valence-electron chi connectivity index (χ2n) is 6.38. The van der Waals surface area contributed by atoms with Gasteiger partial charge in [-0.1, -0.05) is 60.7 Å². The van der Waals surface area contributed by atoms with E-state index in [4.69, 9.17) is 4.74 Å². The molecular weight excluding hydrogens is 375 g/mol. The minimum Gasteiger partial charge on any atom is -0.477 e. The van der Waals surface area contributed by atoms with E-state index in [1.807, 2.05) is 60.7 Å². The average molecular weight is 394 g/mol. The van der Waals surface area contributed by atoms with Gasteiger partial charge < -0.3 is 10.1 Å². The summed E-state index contributed by atoms with van der Waals surface area (Å²) in [6.45, 7) is -0.470. The maximum atomic E-state index is 13.4. The molecule has 0 fully saturated rings. The fraction of sp³-hybridized carbons (Fsp3) is 0.136. The number of halogens is 1. The van der Waals surface area contributed by atoms with Crippen molar-refractivity contribution < 1.29 is 18.8 Å². The summed E-state index contributed by atoms with van der Waals surface area (Å²) in [7, 11) is 0. The minimum atomic E-state index is -0.686. The van der Waals surface area contributed by atoms with E-state index < -0.39 is 28.9 Å². The van der Waals surface area contributed by atoms with Crippen LogP contribution in [0.3, 0.4) is 0 Å². The lowest BCUT2D eigenvalue weighted by Gasteiger charge is -2.19. The Bertz CT molecular complexity index is 981. The third-order valence-corrected chi connectivity index (χ3v) is 4.30. The van der Waals surface area contributed by atoms with E-state index in [0.717, 1.165) is 29.3 Å². The van der Waals surface area contributed by atoms with Crippen molar-refractivity contribution in [3.8, 4) is 5.75 Å². The molecule has 29 heavy (non-hydrogen) atoms. The van der Waals surface area contributed by atoms with Gasteiger partial charge in [-0.3, -0.25) is 14.9 Å². The van der Waals surface area contributed by atoms with Crippen molar-refractivity contribution in [3.05, 3.63) is 106 Å². The summed E-state index contributed by atoms with van der Waals surface area (Å²) in [5, 5.41) is 13.9. The molecule has 0 spiro atoms. The predicted molar refractivity (Wildman–Crippen MR) is 106 cm³/mol. The van der Waals surface area contributed by atoms with Gasteiger partial charge in [-0.05, 0) is 23.6 Å². The second kappa shape index (κ2) is 9.45. The summed E-state index contributed by atoms with van der Waals surface area (Å²) in [6.07, 6.45) is 0.566. The number of carbonyl (C=O) groups excluding carboxylic acids is 1. The van der Waals surface area contributed by atoms with Gasteiger partial charge in [0.25, 0.3) is 5.91 Å². The fourth-order valence-corrected chi connectivity index (χ4v) is 2.92. The summed E-state index contributed by atoms with van der Waals surface area (Å²) in [4.78, 5) is 22.8. The standard InChI is InChI=1S/C22H19FN2O4/c23-18-11-12-20(25(27)28)21(14-18)29-15-22(26)24-19(17-9-5-2-6-10-17)13-16-7-3-1-4-8-16/h1-12,14,19H,13,15H2,(H,24,26)/t19-/m1/s1. The zero-order chi connectivity index (χ0) is 20.6. The number of amides is 1. The van der Waals surface area contributed by atoms with Crippen LogP contribution in [0.25, 0.3) is 0 Å². The van der Waals surface area contributed by atoms with Crippen LogP contribution in [0.4, 0.5) is 10.1 Å². The van der Waals surface area contributed by atoms with Crippen LogP contribution in [0.5, 0.6) is 5.75 Å². The van der Waals surface area contributed by atoms with Crippen LogP contribution in [0, 0.1) is 15.9 Å². The zero-order valence-electron chi connectivity index (χ0n) is 15.5. The molecule has 0 heterocycles. The molecule has 0 aliphatic carbocycles. The highest BCUT2D eigenvalue weighted by Gasteiger charge is 2.19. The molecule has 7 heteroatoms. The molecule has 0 saturated carbocycles. The molecule has 0 aliphatic rings. The van der Waals surface area contributed by atoms with Crippen LogP contribution in [0.2, 0.25) is 0 Å². The van der Waals surface area contributed by atoms with Crippen LogP contribution in [-0.2, 0) is 11.2 Å². The summed E-state index contributed by atoms with van der Waals surface area (Å²) in [6, 6.07) is 21.7. The fourth-order valence-electron chi connectivity index (χ4n) is 2.92. The van der Waals surface area contributed by atoms with Crippen molar-refractivity contribution in [2.24, 2.45) is 0 Å². The molecular formula is C22H19FN2O4. The maximum Gasteiger partial charge on any atom is 0.311 e. The van der Waals surface area contributed by atoms with Crippen molar-refractivity contribution >= 4 is 11.6 Å². The molecule has 6 nitrogen and oxygen atoms in total. The van der Waals surface area contributed by atoms with Crippen molar-refractivity contribution in [2.45, 2.75) is 12.5 Å². The largest absolute Gasteiger partial charge is 0.477 e. The predicted octanol–water partition coefficient (Wildman–Crippen LogP) is 4.21. The molecule has 3 aromatic carbocycles. The molecule has 0 saturated heterocycles. The van der Waals surface area contributed by atoms with Gasteiger partial charge >= 0.3 is 5.69 Å². The quantitative estimate of drug-likeness (QED) is 0.458. The first kappa shape index (κ1) is 20.0. The highest BCUT2D eigenvalue weighted by molar-refractivity contribution is 5.78. The van der Waals surface area contributed by atoms with Gasteiger partial charge in [0.1, 0.15) is 5.82 Å². The van der Waals surface area contributed by atoms with Gasteiger partial charge in [0.05, 0.1) is 11.0 Å². The highest BCUT2D eigenvalue weighted by atomic mass is 19.1. The van der Waals surface area contributed by atoms with Crippen LogP contribution in [0.15, 0.2) is 78.9 Å². The Morgan fingerprint density at radius 2 is 1.69 bits per heavy atom. The van der Waals surface area contributed by atoms with Crippen molar-refractivity contribution in [1.82, 2.24) is 5.32 Å². The number of nitrogens with one attached hydrogen (secondary N) is 1. The van der Waals surface area contributed by atoms with Crippen LogP contribution in [-0.4, -0.2) is 17.4 Å². The normalized spacial score (nSPS) is 11.5. The number of carbonyl (C=O) groups is 1. The van der Waals surface area contributed by atoms with E-state index in [-0.39, 0.29) is 11.8 Å². The van der Waals surface area contributed by atoms with Gasteiger partial charge in [-0.25, -0.2) is 4.39 Å². The Kier molecular flexibility index (Phi) is 6.52. The molecule has 3 aromatic rings. The summed E-state index contributed by atoms with van der Waals surface area (Å²) in [5.41, 5.74) is 1.56. The van der Waals surface area contributed by atoms with Crippen LogP contribution >= 0.6 is 0 Å². The van der Waals surface area contributed by atoms with Gasteiger partial charge in [0, 0.05) is 12.1 Å². The van der Waals surface area contributed by atoms with Crippen molar-refractivity contribution in [1.29, 1.82) is 0 Å². The molecule has 0 aromatic heterocycles. The summed E-state index contributed by atoms with van der Waals surface area (Å²) < 4.78 is 18.6. The number of nitro benzene ring substituents is 1. The molecule has 1 N–H and O–H groups in total. The first-order valence-corrected chi connectivity index (χ1v) is 8.98. The van der Waals surface area contributed by atoms with E-state index in [2.05, 4.69) is 5.32 Å². The lowest BCUT2D eigenvalue weighted by Crippen LogP contribution is -2.33. The summed E-state index contributed by atoms with van der Waals surface area (Å²) >= 11 is 0. The molecule has 1 amide bonds. The lowest BCUT2D eigenvalue weighted by molar-refractivity contribution is -0.385. The summed E-state index contributed by atoms with van der Waals surface area (Å²) in [5.74, 6) is -1.44. The number of hydrogen-bond acceptors (Lipinski definition) is 4.